The number of hydrogen-bond donors (Lipinski definition) is 1. The normalized spacial score (nSPS) is 17.5. The first-order valence-electron chi connectivity index (χ1n) is 9.24. The van der Waals surface area contributed by atoms with Gasteiger partial charge in [-0.3, -0.25) is 0 Å². The van der Waals surface area contributed by atoms with E-state index >= 15 is 0 Å². The average molecular weight is 367 g/mol. The number of hydrogen-bond acceptors (Lipinski definition) is 6. The van der Waals surface area contributed by atoms with Gasteiger partial charge in [-0.15, -0.1) is 11.3 Å². The molecule has 0 radical (unpaired) electrons. The number of morpholine rings is 1. The minimum Gasteiger partial charge on any atom is -0.508 e. The smallest absolute Gasteiger partial charge is 0.163 e. The van der Waals surface area contributed by atoms with Crippen molar-refractivity contribution in [2.24, 2.45) is 0 Å². The molecule has 26 heavy (non-hydrogen) atoms. The van der Waals surface area contributed by atoms with Crippen LogP contribution in [0.25, 0.3) is 21.6 Å². The Balaban J connectivity index is 1.71. The molecule has 1 fully saturated rings. The topological polar surface area (TPSA) is 58.5 Å². The Labute approximate surface area is 156 Å². The van der Waals surface area contributed by atoms with Crippen molar-refractivity contribution in [3.05, 3.63) is 34.7 Å². The van der Waals surface area contributed by atoms with Gasteiger partial charge in [0.1, 0.15) is 16.4 Å². The van der Waals surface area contributed by atoms with Crippen LogP contribution in [0.2, 0.25) is 0 Å². The van der Waals surface area contributed by atoms with Crippen LogP contribution in [0.3, 0.4) is 0 Å². The highest BCUT2D eigenvalue weighted by molar-refractivity contribution is 7.19. The van der Waals surface area contributed by atoms with E-state index in [0.29, 0.717) is 0 Å². The molecular formula is C20H21N3O2S. The molecule has 1 aromatic carbocycles. The monoisotopic (exact) mass is 367 g/mol. The SMILES string of the molecule is Oc1ccc(-c2nc(N3CCOCC3)c3c4c(sc3n2)CCCC4)cc1. The fourth-order valence-corrected chi connectivity index (χ4v) is 5.14. The maximum Gasteiger partial charge on any atom is 0.163 e. The molecule has 5 nitrogen and oxygen atoms in total. The molecule has 134 valence electrons. The molecule has 0 saturated carbocycles. The number of aromatic nitrogens is 2. The Hall–Kier alpha value is -2.18. The number of benzene rings is 1. The molecule has 3 aromatic rings. The summed E-state index contributed by atoms with van der Waals surface area (Å²) in [4.78, 5) is 14.8. The molecule has 1 aliphatic carbocycles. The van der Waals surface area contributed by atoms with E-state index < -0.39 is 0 Å². The number of aromatic hydroxyl groups is 1. The number of phenolic OH excluding ortho intramolecular Hbond substituents is 1. The third-order valence-corrected chi connectivity index (χ3v) is 6.42. The van der Waals surface area contributed by atoms with Gasteiger partial charge in [-0.1, -0.05) is 0 Å². The molecule has 6 heteroatoms. The van der Waals surface area contributed by atoms with Crippen LogP contribution in [-0.4, -0.2) is 41.4 Å². The molecule has 1 aliphatic heterocycles. The highest BCUT2D eigenvalue weighted by Crippen LogP contribution is 2.41. The van der Waals surface area contributed by atoms with Gasteiger partial charge in [-0.25, -0.2) is 9.97 Å². The summed E-state index contributed by atoms with van der Waals surface area (Å²) in [7, 11) is 0. The van der Waals surface area contributed by atoms with Crippen molar-refractivity contribution >= 4 is 27.4 Å². The zero-order chi connectivity index (χ0) is 17.5. The van der Waals surface area contributed by atoms with E-state index in [1.54, 1.807) is 12.1 Å². The Morgan fingerprint density at radius 1 is 1.00 bits per heavy atom. The van der Waals surface area contributed by atoms with Crippen molar-refractivity contribution in [2.75, 3.05) is 31.2 Å². The van der Waals surface area contributed by atoms with Gasteiger partial charge in [0, 0.05) is 23.5 Å². The number of nitrogens with zero attached hydrogens (tertiary/aromatic N) is 3. The van der Waals surface area contributed by atoms with Crippen molar-refractivity contribution in [3.8, 4) is 17.1 Å². The Morgan fingerprint density at radius 3 is 2.58 bits per heavy atom. The van der Waals surface area contributed by atoms with Crippen molar-refractivity contribution in [2.45, 2.75) is 25.7 Å². The van der Waals surface area contributed by atoms with Gasteiger partial charge in [0.2, 0.25) is 0 Å². The summed E-state index contributed by atoms with van der Waals surface area (Å²) in [6.07, 6.45) is 4.81. The molecule has 0 bridgehead atoms. The van der Waals surface area contributed by atoms with Crippen molar-refractivity contribution in [3.63, 3.8) is 0 Å². The molecule has 1 N–H and O–H groups in total. The van der Waals surface area contributed by atoms with E-state index in [2.05, 4.69) is 4.90 Å². The minimum absolute atomic E-state index is 0.259. The lowest BCUT2D eigenvalue weighted by Crippen LogP contribution is -2.37. The standard InChI is InChI=1S/C20H21N3O2S/c24-14-7-5-13(6-8-14)18-21-19(23-9-11-25-12-10-23)17-15-3-1-2-4-16(15)26-20(17)22-18/h5-8,24H,1-4,9-12H2. The van der Waals surface area contributed by atoms with E-state index in [1.807, 2.05) is 23.5 Å². The molecule has 0 atom stereocenters. The number of anilines is 1. The third-order valence-electron chi connectivity index (χ3n) is 5.23. The summed E-state index contributed by atoms with van der Waals surface area (Å²) in [5.74, 6) is 2.05. The second-order valence-electron chi connectivity index (χ2n) is 6.91. The van der Waals surface area contributed by atoms with Gasteiger partial charge < -0.3 is 14.7 Å². The fraction of sp³-hybridized carbons (Fsp3) is 0.400. The molecule has 3 heterocycles. The van der Waals surface area contributed by atoms with E-state index in [-0.39, 0.29) is 5.75 Å². The molecule has 5 rings (SSSR count). The van der Waals surface area contributed by atoms with Crippen molar-refractivity contribution < 1.29 is 9.84 Å². The summed E-state index contributed by atoms with van der Waals surface area (Å²) in [6.45, 7) is 3.22. The predicted molar refractivity (Wildman–Crippen MR) is 104 cm³/mol. The first-order chi connectivity index (χ1) is 12.8. The van der Waals surface area contributed by atoms with Gasteiger partial charge in [-0.2, -0.15) is 0 Å². The number of aryl methyl sites for hydroxylation is 2. The lowest BCUT2D eigenvalue weighted by Gasteiger charge is -2.29. The average Bonchev–Trinajstić information content (AvgIpc) is 3.07. The van der Waals surface area contributed by atoms with Crippen LogP contribution in [0, 0.1) is 0 Å². The Kier molecular flexibility index (Phi) is 4.02. The quantitative estimate of drug-likeness (QED) is 0.747. The second-order valence-corrected chi connectivity index (χ2v) is 7.99. The summed E-state index contributed by atoms with van der Waals surface area (Å²) in [5.41, 5.74) is 2.40. The number of fused-ring (bicyclic) bond motifs is 3. The number of rotatable bonds is 2. The highest BCUT2D eigenvalue weighted by atomic mass is 32.1. The zero-order valence-electron chi connectivity index (χ0n) is 14.6. The molecular weight excluding hydrogens is 346 g/mol. The Morgan fingerprint density at radius 2 is 1.77 bits per heavy atom. The molecule has 2 aromatic heterocycles. The highest BCUT2D eigenvalue weighted by Gasteiger charge is 2.25. The maximum absolute atomic E-state index is 9.58. The van der Waals surface area contributed by atoms with E-state index in [9.17, 15) is 5.11 Å². The number of thiophene rings is 1. The van der Waals surface area contributed by atoms with Gasteiger partial charge in [-0.05, 0) is 55.5 Å². The van der Waals surface area contributed by atoms with Crippen molar-refractivity contribution in [1.82, 2.24) is 9.97 Å². The van der Waals surface area contributed by atoms with E-state index in [1.165, 1.54) is 28.7 Å². The first kappa shape index (κ1) is 16.0. The molecule has 0 amide bonds. The molecule has 2 aliphatic rings. The lowest BCUT2D eigenvalue weighted by molar-refractivity contribution is 0.122. The second kappa shape index (κ2) is 6.52. The first-order valence-corrected chi connectivity index (χ1v) is 10.1. The van der Waals surface area contributed by atoms with Crippen LogP contribution in [0.5, 0.6) is 5.75 Å². The largest absolute Gasteiger partial charge is 0.508 e. The van der Waals surface area contributed by atoms with Gasteiger partial charge >= 0.3 is 0 Å². The third kappa shape index (κ3) is 2.73. The van der Waals surface area contributed by atoms with Gasteiger partial charge in [0.15, 0.2) is 5.82 Å². The van der Waals surface area contributed by atoms with Gasteiger partial charge in [0.25, 0.3) is 0 Å². The number of ether oxygens (including phenoxy) is 1. The zero-order valence-corrected chi connectivity index (χ0v) is 15.4. The summed E-state index contributed by atoms with van der Waals surface area (Å²) in [5, 5.41) is 10.8. The molecule has 0 unspecified atom stereocenters. The minimum atomic E-state index is 0.259. The van der Waals surface area contributed by atoms with E-state index in [4.69, 9.17) is 14.7 Å². The summed E-state index contributed by atoms with van der Waals surface area (Å²) >= 11 is 1.83. The predicted octanol–water partition coefficient (Wildman–Crippen LogP) is 3.78. The Bertz CT molecular complexity index is 946. The van der Waals surface area contributed by atoms with E-state index in [0.717, 1.165) is 61.2 Å². The summed E-state index contributed by atoms with van der Waals surface area (Å²) < 4.78 is 5.55. The maximum atomic E-state index is 9.58. The number of phenols is 1. The molecule has 0 spiro atoms. The summed E-state index contributed by atoms with van der Waals surface area (Å²) in [6, 6.07) is 7.15. The van der Waals surface area contributed by atoms with Crippen LogP contribution < -0.4 is 4.90 Å². The molecule has 1 saturated heterocycles. The van der Waals surface area contributed by atoms with Crippen molar-refractivity contribution in [1.29, 1.82) is 0 Å². The van der Waals surface area contributed by atoms with Crippen LogP contribution in [0.4, 0.5) is 5.82 Å². The van der Waals surface area contributed by atoms with Crippen LogP contribution >= 0.6 is 11.3 Å². The van der Waals surface area contributed by atoms with Gasteiger partial charge in [0.05, 0.1) is 18.6 Å². The van der Waals surface area contributed by atoms with Crippen LogP contribution in [0.1, 0.15) is 23.3 Å². The van der Waals surface area contributed by atoms with Crippen LogP contribution in [-0.2, 0) is 17.6 Å². The fourth-order valence-electron chi connectivity index (χ4n) is 3.88. The lowest BCUT2D eigenvalue weighted by atomic mass is 9.97. The van der Waals surface area contributed by atoms with Crippen LogP contribution in [0.15, 0.2) is 24.3 Å².